The van der Waals surface area contributed by atoms with E-state index >= 15 is 0 Å². The van der Waals surface area contributed by atoms with Crippen LogP contribution in [0.5, 0.6) is 0 Å². The minimum absolute atomic E-state index is 0.0537. The highest BCUT2D eigenvalue weighted by molar-refractivity contribution is 7.91. The van der Waals surface area contributed by atoms with E-state index in [0.717, 1.165) is 0 Å². The van der Waals surface area contributed by atoms with E-state index in [-0.39, 0.29) is 23.8 Å². The predicted molar refractivity (Wildman–Crippen MR) is 55.1 cm³/mol. The number of aliphatic hydroxyl groups excluding tert-OH is 1. The third-order valence-electron chi connectivity index (χ3n) is 2.36. The molecule has 0 bridgehead atoms. The summed E-state index contributed by atoms with van der Waals surface area (Å²) in [6.07, 6.45) is -0.584. The highest BCUT2D eigenvalue weighted by atomic mass is 32.2. The second-order valence-corrected chi connectivity index (χ2v) is 5.78. The van der Waals surface area contributed by atoms with Crippen molar-refractivity contribution >= 4 is 15.7 Å². The van der Waals surface area contributed by atoms with E-state index in [9.17, 15) is 18.3 Å². The quantitative estimate of drug-likeness (QED) is 0.518. The molecule has 0 aromatic carbocycles. The Morgan fingerprint density at radius 1 is 1.47 bits per heavy atom. The molecule has 1 fully saturated rings. The Morgan fingerprint density at radius 3 is 2.60 bits per heavy atom. The molecule has 1 aliphatic rings. The van der Waals surface area contributed by atoms with Gasteiger partial charge in [-0.2, -0.15) is 0 Å². The molecule has 2 atom stereocenters. The van der Waals surface area contributed by atoms with Crippen LogP contribution in [-0.2, 0) is 14.6 Å². The summed E-state index contributed by atoms with van der Waals surface area (Å²) in [5, 5.41) is 14.7. The number of sulfone groups is 1. The molecular weight excluding hydrogens is 220 g/mol. The summed E-state index contributed by atoms with van der Waals surface area (Å²) >= 11 is 0. The molecule has 0 spiro atoms. The van der Waals surface area contributed by atoms with E-state index in [0.29, 0.717) is 6.54 Å². The van der Waals surface area contributed by atoms with E-state index in [1.54, 1.807) is 0 Å². The SMILES string of the molecule is CNC(=O)CCNC1CS(=O)(=O)CC1O. The molecule has 15 heavy (non-hydrogen) atoms. The van der Waals surface area contributed by atoms with Gasteiger partial charge < -0.3 is 15.7 Å². The highest BCUT2D eigenvalue weighted by Crippen LogP contribution is 2.12. The highest BCUT2D eigenvalue weighted by Gasteiger charge is 2.35. The molecule has 3 N–H and O–H groups in total. The van der Waals surface area contributed by atoms with Crippen LogP contribution in [-0.4, -0.2) is 56.7 Å². The van der Waals surface area contributed by atoms with Crippen LogP contribution < -0.4 is 10.6 Å². The van der Waals surface area contributed by atoms with Gasteiger partial charge >= 0.3 is 0 Å². The first-order valence-corrected chi connectivity index (χ1v) is 6.59. The Morgan fingerprint density at radius 2 is 2.13 bits per heavy atom. The van der Waals surface area contributed by atoms with Crippen molar-refractivity contribution in [2.24, 2.45) is 0 Å². The van der Waals surface area contributed by atoms with Crippen LogP contribution >= 0.6 is 0 Å². The fourth-order valence-electron chi connectivity index (χ4n) is 1.52. The Hall–Kier alpha value is -0.660. The van der Waals surface area contributed by atoms with Crippen molar-refractivity contribution in [2.45, 2.75) is 18.6 Å². The maximum atomic E-state index is 11.1. The maximum absolute atomic E-state index is 11.1. The molecule has 0 aromatic heterocycles. The van der Waals surface area contributed by atoms with Crippen molar-refractivity contribution in [1.82, 2.24) is 10.6 Å². The van der Waals surface area contributed by atoms with Gasteiger partial charge in [-0.25, -0.2) is 8.42 Å². The molecule has 2 unspecified atom stereocenters. The number of hydrogen-bond acceptors (Lipinski definition) is 5. The van der Waals surface area contributed by atoms with Crippen LogP contribution in [0.3, 0.4) is 0 Å². The zero-order valence-corrected chi connectivity index (χ0v) is 9.38. The molecule has 7 heteroatoms. The van der Waals surface area contributed by atoms with Crippen LogP contribution in [0.15, 0.2) is 0 Å². The van der Waals surface area contributed by atoms with Gasteiger partial charge in [0, 0.05) is 26.1 Å². The molecule has 0 aliphatic carbocycles. The standard InChI is InChI=1S/C8H16N2O4S/c1-9-8(12)2-3-10-6-4-15(13,14)5-7(6)11/h6-7,10-11H,2-5H2,1H3,(H,9,12). The average molecular weight is 236 g/mol. The Bertz CT molecular complexity index is 328. The summed E-state index contributed by atoms with van der Waals surface area (Å²) in [5.41, 5.74) is 0. The number of amides is 1. The van der Waals surface area contributed by atoms with E-state index in [2.05, 4.69) is 10.6 Å². The number of carbonyl (C=O) groups excluding carboxylic acids is 1. The molecule has 1 heterocycles. The molecule has 1 saturated heterocycles. The summed E-state index contributed by atoms with van der Waals surface area (Å²) in [6, 6.07) is -0.445. The van der Waals surface area contributed by atoms with E-state index in [1.807, 2.05) is 0 Å². The summed E-state index contributed by atoms with van der Waals surface area (Å²) in [5.74, 6) is -0.357. The third kappa shape index (κ3) is 3.77. The fourth-order valence-corrected chi connectivity index (χ4v) is 3.30. The summed E-state index contributed by atoms with van der Waals surface area (Å²) in [7, 11) is -1.58. The van der Waals surface area contributed by atoms with Gasteiger partial charge in [-0.15, -0.1) is 0 Å². The number of hydrogen-bond donors (Lipinski definition) is 3. The second kappa shape index (κ2) is 4.91. The molecule has 6 nitrogen and oxygen atoms in total. The van der Waals surface area contributed by atoms with Crippen molar-refractivity contribution in [3.63, 3.8) is 0 Å². The van der Waals surface area contributed by atoms with E-state index < -0.39 is 22.0 Å². The maximum Gasteiger partial charge on any atom is 0.221 e. The number of rotatable bonds is 4. The Kier molecular flexibility index (Phi) is 4.06. The van der Waals surface area contributed by atoms with Crippen molar-refractivity contribution < 1.29 is 18.3 Å². The van der Waals surface area contributed by atoms with Crippen LogP contribution in [0.4, 0.5) is 0 Å². The first kappa shape index (κ1) is 12.4. The summed E-state index contributed by atoms with van der Waals surface area (Å²) < 4.78 is 22.3. The lowest BCUT2D eigenvalue weighted by Crippen LogP contribution is -2.40. The monoisotopic (exact) mass is 236 g/mol. The molecule has 88 valence electrons. The number of carbonyl (C=O) groups is 1. The summed E-state index contributed by atoms with van der Waals surface area (Å²) in [6.45, 7) is 0.372. The molecule has 1 amide bonds. The second-order valence-electron chi connectivity index (χ2n) is 3.63. The van der Waals surface area contributed by atoms with Gasteiger partial charge in [-0.05, 0) is 0 Å². The van der Waals surface area contributed by atoms with Gasteiger partial charge in [0.1, 0.15) is 0 Å². The molecule has 1 aliphatic heterocycles. The van der Waals surface area contributed by atoms with Crippen LogP contribution in [0.1, 0.15) is 6.42 Å². The normalized spacial score (nSPS) is 28.9. The van der Waals surface area contributed by atoms with Crippen molar-refractivity contribution in [3.8, 4) is 0 Å². The van der Waals surface area contributed by atoms with Crippen molar-refractivity contribution in [2.75, 3.05) is 25.1 Å². The van der Waals surface area contributed by atoms with Crippen LogP contribution in [0.25, 0.3) is 0 Å². The molecule has 0 saturated carbocycles. The minimum Gasteiger partial charge on any atom is -0.390 e. The van der Waals surface area contributed by atoms with E-state index in [1.165, 1.54) is 7.05 Å². The summed E-state index contributed by atoms with van der Waals surface area (Å²) in [4.78, 5) is 10.9. The largest absolute Gasteiger partial charge is 0.390 e. The molecule has 0 aromatic rings. The van der Waals surface area contributed by atoms with Gasteiger partial charge in [0.05, 0.1) is 17.6 Å². The average Bonchev–Trinajstić information content (AvgIpc) is 2.39. The lowest BCUT2D eigenvalue weighted by Gasteiger charge is -2.13. The zero-order valence-electron chi connectivity index (χ0n) is 8.56. The smallest absolute Gasteiger partial charge is 0.221 e. The van der Waals surface area contributed by atoms with Crippen molar-refractivity contribution in [1.29, 1.82) is 0 Å². The fraction of sp³-hybridized carbons (Fsp3) is 0.875. The minimum atomic E-state index is -3.11. The van der Waals surface area contributed by atoms with Gasteiger partial charge in [-0.3, -0.25) is 4.79 Å². The van der Waals surface area contributed by atoms with Gasteiger partial charge in [0.15, 0.2) is 9.84 Å². The number of nitrogens with one attached hydrogen (secondary N) is 2. The lowest BCUT2D eigenvalue weighted by molar-refractivity contribution is -0.120. The Balaban J connectivity index is 2.31. The molecule has 1 rings (SSSR count). The first-order valence-electron chi connectivity index (χ1n) is 4.77. The van der Waals surface area contributed by atoms with Crippen LogP contribution in [0, 0.1) is 0 Å². The lowest BCUT2D eigenvalue weighted by atomic mass is 10.2. The topological polar surface area (TPSA) is 95.5 Å². The van der Waals surface area contributed by atoms with Gasteiger partial charge in [0.25, 0.3) is 0 Å². The van der Waals surface area contributed by atoms with Gasteiger partial charge in [0.2, 0.25) is 5.91 Å². The van der Waals surface area contributed by atoms with E-state index in [4.69, 9.17) is 0 Å². The van der Waals surface area contributed by atoms with Crippen LogP contribution in [0.2, 0.25) is 0 Å². The molecular formula is C8H16N2O4S. The third-order valence-corrected chi connectivity index (χ3v) is 4.08. The molecule has 0 radical (unpaired) electrons. The van der Waals surface area contributed by atoms with Gasteiger partial charge in [-0.1, -0.05) is 0 Å². The number of aliphatic hydroxyl groups is 1. The zero-order chi connectivity index (χ0) is 11.5. The van der Waals surface area contributed by atoms with Crippen molar-refractivity contribution in [3.05, 3.63) is 0 Å². The predicted octanol–water partition coefficient (Wildman–Crippen LogP) is -2.13. The Labute approximate surface area is 89.0 Å². The first-order chi connectivity index (χ1) is 6.94.